The molecule has 1 fully saturated rings. The van der Waals surface area contributed by atoms with E-state index in [9.17, 15) is 18.0 Å². The van der Waals surface area contributed by atoms with Crippen molar-refractivity contribution in [1.82, 2.24) is 5.32 Å². The molecule has 1 atom stereocenters. The van der Waals surface area contributed by atoms with Crippen molar-refractivity contribution in [3.63, 3.8) is 0 Å². The van der Waals surface area contributed by atoms with Gasteiger partial charge in [-0.15, -0.1) is 0 Å². The van der Waals surface area contributed by atoms with E-state index in [1.54, 1.807) is 43.3 Å². The van der Waals surface area contributed by atoms with Gasteiger partial charge in [0, 0.05) is 18.7 Å². The van der Waals surface area contributed by atoms with Crippen LogP contribution in [0.25, 0.3) is 0 Å². The number of aryl methyl sites for hydroxylation is 1. The SMILES string of the molecule is Cc1ccc(C(=O)Nc2ccccc2C(=O)NCC2CCCO2)cc1NS(C)(=O)=O. The van der Waals surface area contributed by atoms with Crippen LogP contribution in [-0.2, 0) is 14.8 Å². The van der Waals surface area contributed by atoms with Crippen LogP contribution >= 0.6 is 0 Å². The first-order chi connectivity index (χ1) is 14.2. The lowest BCUT2D eigenvalue weighted by Gasteiger charge is -2.14. The van der Waals surface area contributed by atoms with E-state index in [4.69, 9.17) is 4.74 Å². The molecule has 2 amide bonds. The van der Waals surface area contributed by atoms with Gasteiger partial charge < -0.3 is 15.4 Å². The van der Waals surface area contributed by atoms with Gasteiger partial charge >= 0.3 is 0 Å². The van der Waals surface area contributed by atoms with Gasteiger partial charge in [-0.3, -0.25) is 14.3 Å². The summed E-state index contributed by atoms with van der Waals surface area (Å²) in [5.74, 6) is -0.754. The third kappa shape index (κ3) is 5.80. The minimum Gasteiger partial charge on any atom is -0.376 e. The lowest BCUT2D eigenvalue weighted by Crippen LogP contribution is -2.32. The Hall–Kier alpha value is -2.91. The van der Waals surface area contributed by atoms with Crippen molar-refractivity contribution < 1.29 is 22.7 Å². The van der Waals surface area contributed by atoms with E-state index in [1.165, 1.54) is 6.07 Å². The van der Waals surface area contributed by atoms with E-state index in [-0.39, 0.29) is 17.6 Å². The van der Waals surface area contributed by atoms with E-state index in [1.807, 2.05) is 0 Å². The van der Waals surface area contributed by atoms with Crippen LogP contribution in [0.2, 0.25) is 0 Å². The van der Waals surface area contributed by atoms with Gasteiger partial charge in [-0.25, -0.2) is 8.42 Å². The standard InChI is InChI=1S/C21H25N3O5S/c1-14-9-10-15(12-19(14)24-30(2,27)28)20(25)23-18-8-4-3-7-17(18)21(26)22-13-16-6-5-11-29-16/h3-4,7-10,12,16,24H,5-6,11,13H2,1-2H3,(H,22,26)(H,23,25). The van der Waals surface area contributed by atoms with Crippen LogP contribution in [0.15, 0.2) is 42.5 Å². The molecule has 3 N–H and O–H groups in total. The summed E-state index contributed by atoms with van der Waals surface area (Å²) in [6, 6.07) is 11.4. The quantitative estimate of drug-likeness (QED) is 0.623. The van der Waals surface area contributed by atoms with Crippen molar-refractivity contribution in [3.05, 3.63) is 59.2 Å². The van der Waals surface area contributed by atoms with Gasteiger partial charge in [-0.05, 0) is 49.6 Å². The van der Waals surface area contributed by atoms with Gasteiger partial charge in [-0.2, -0.15) is 0 Å². The summed E-state index contributed by atoms with van der Waals surface area (Å²) in [4.78, 5) is 25.3. The summed E-state index contributed by atoms with van der Waals surface area (Å²) in [6.07, 6.45) is 2.96. The topological polar surface area (TPSA) is 114 Å². The maximum atomic E-state index is 12.7. The highest BCUT2D eigenvalue weighted by Crippen LogP contribution is 2.21. The number of carbonyl (C=O) groups excluding carboxylic acids is 2. The molecule has 8 nitrogen and oxygen atoms in total. The number of benzene rings is 2. The van der Waals surface area contributed by atoms with Gasteiger partial charge in [0.1, 0.15) is 0 Å². The van der Waals surface area contributed by atoms with Crippen molar-refractivity contribution >= 4 is 33.2 Å². The Balaban J connectivity index is 1.74. The molecule has 2 aromatic rings. The molecule has 1 saturated heterocycles. The molecule has 160 valence electrons. The van der Waals surface area contributed by atoms with Crippen molar-refractivity contribution in [2.75, 3.05) is 29.4 Å². The zero-order valence-electron chi connectivity index (χ0n) is 16.9. The van der Waals surface area contributed by atoms with E-state index >= 15 is 0 Å². The van der Waals surface area contributed by atoms with Crippen molar-refractivity contribution in [3.8, 4) is 0 Å². The Kier molecular flexibility index (Phi) is 6.73. The fraction of sp³-hybridized carbons (Fsp3) is 0.333. The van der Waals surface area contributed by atoms with E-state index < -0.39 is 15.9 Å². The maximum Gasteiger partial charge on any atom is 0.255 e. The zero-order valence-corrected chi connectivity index (χ0v) is 17.7. The molecular formula is C21H25N3O5S. The molecule has 1 unspecified atom stereocenters. The van der Waals surface area contributed by atoms with Crippen LogP contribution in [0.3, 0.4) is 0 Å². The molecule has 0 radical (unpaired) electrons. The second kappa shape index (κ2) is 9.27. The summed E-state index contributed by atoms with van der Waals surface area (Å²) in [5.41, 5.74) is 1.98. The van der Waals surface area contributed by atoms with E-state index in [0.717, 1.165) is 19.1 Å². The Bertz CT molecular complexity index is 1050. The number of rotatable bonds is 7. The number of anilines is 2. The minimum atomic E-state index is -3.48. The molecule has 3 rings (SSSR count). The highest BCUT2D eigenvalue weighted by Gasteiger charge is 2.19. The molecular weight excluding hydrogens is 406 g/mol. The number of para-hydroxylation sites is 1. The average Bonchev–Trinajstić information content (AvgIpc) is 3.21. The van der Waals surface area contributed by atoms with Crippen LogP contribution in [0.1, 0.15) is 39.1 Å². The highest BCUT2D eigenvalue weighted by atomic mass is 32.2. The molecule has 1 heterocycles. The summed E-state index contributed by atoms with van der Waals surface area (Å²) < 4.78 is 31.0. The predicted octanol–water partition coefficient (Wildman–Crippen LogP) is 2.53. The molecule has 0 spiro atoms. The summed E-state index contributed by atoms with van der Waals surface area (Å²) >= 11 is 0. The number of ether oxygens (including phenoxy) is 1. The van der Waals surface area contributed by atoms with Gasteiger partial charge in [-0.1, -0.05) is 18.2 Å². The Morgan fingerprint density at radius 3 is 2.57 bits per heavy atom. The van der Waals surface area contributed by atoms with Crippen LogP contribution in [0.4, 0.5) is 11.4 Å². The summed E-state index contributed by atoms with van der Waals surface area (Å²) in [7, 11) is -3.48. The lowest BCUT2D eigenvalue weighted by atomic mass is 10.1. The Morgan fingerprint density at radius 1 is 1.10 bits per heavy atom. The van der Waals surface area contributed by atoms with Gasteiger partial charge in [0.2, 0.25) is 10.0 Å². The van der Waals surface area contributed by atoms with Crippen molar-refractivity contribution in [2.45, 2.75) is 25.9 Å². The molecule has 9 heteroatoms. The second-order valence-corrected chi connectivity index (χ2v) is 9.00. The monoisotopic (exact) mass is 431 g/mol. The molecule has 2 aromatic carbocycles. The number of amides is 2. The first-order valence-corrected chi connectivity index (χ1v) is 11.5. The predicted molar refractivity (Wildman–Crippen MR) is 115 cm³/mol. The second-order valence-electron chi connectivity index (χ2n) is 7.25. The van der Waals surface area contributed by atoms with Gasteiger partial charge in [0.05, 0.1) is 29.3 Å². The largest absolute Gasteiger partial charge is 0.376 e. The normalized spacial score (nSPS) is 16.1. The zero-order chi connectivity index (χ0) is 21.7. The van der Waals surface area contributed by atoms with Crippen LogP contribution < -0.4 is 15.4 Å². The summed E-state index contributed by atoms with van der Waals surface area (Å²) in [6.45, 7) is 2.86. The molecule has 0 bridgehead atoms. The van der Waals surface area contributed by atoms with Crippen LogP contribution in [0.5, 0.6) is 0 Å². The molecule has 1 aliphatic heterocycles. The lowest BCUT2D eigenvalue weighted by molar-refractivity contribution is 0.0858. The minimum absolute atomic E-state index is 0.0176. The Labute approximate surface area is 176 Å². The van der Waals surface area contributed by atoms with Gasteiger partial charge in [0.15, 0.2) is 0 Å². The highest BCUT2D eigenvalue weighted by molar-refractivity contribution is 7.92. The van der Waals surface area contributed by atoms with Crippen LogP contribution in [-0.4, -0.2) is 45.7 Å². The smallest absolute Gasteiger partial charge is 0.255 e. The molecule has 30 heavy (non-hydrogen) atoms. The van der Waals surface area contributed by atoms with Crippen molar-refractivity contribution in [1.29, 1.82) is 0 Å². The van der Waals surface area contributed by atoms with Crippen LogP contribution in [0, 0.1) is 6.92 Å². The first kappa shape index (κ1) is 21.8. The molecule has 0 aromatic heterocycles. The molecule has 0 aliphatic carbocycles. The average molecular weight is 432 g/mol. The maximum absolute atomic E-state index is 12.7. The Morgan fingerprint density at radius 2 is 1.87 bits per heavy atom. The third-order valence-corrected chi connectivity index (χ3v) is 5.32. The van der Waals surface area contributed by atoms with Gasteiger partial charge in [0.25, 0.3) is 11.8 Å². The van der Waals surface area contributed by atoms with E-state index in [0.29, 0.717) is 35.7 Å². The first-order valence-electron chi connectivity index (χ1n) is 9.61. The van der Waals surface area contributed by atoms with Crippen molar-refractivity contribution in [2.24, 2.45) is 0 Å². The number of sulfonamides is 1. The number of nitrogens with one attached hydrogen (secondary N) is 3. The third-order valence-electron chi connectivity index (χ3n) is 4.73. The van der Waals surface area contributed by atoms with E-state index in [2.05, 4.69) is 15.4 Å². The molecule has 1 aliphatic rings. The summed E-state index contributed by atoms with van der Waals surface area (Å²) in [5, 5.41) is 5.58. The number of hydrogen-bond acceptors (Lipinski definition) is 5. The molecule has 0 saturated carbocycles. The number of carbonyl (C=O) groups is 2. The fourth-order valence-electron chi connectivity index (χ4n) is 3.16. The fourth-order valence-corrected chi connectivity index (χ4v) is 3.78. The number of hydrogen-bond donors (Lipinski definition) is 3.